The third-order valence-corrected chi connectivity index (χ3v) is 6.02. The monoisotopic (exact) mass is 420 g/mol. The molecule has 9 heteroatoms. The van der Waals surface area contributed by atoms with Crippen LogP contribution in [0.4, 0.5) is 9.93 Å². The van der Waals surface area contributed by atoms with Gasteiger partial charge in [-0.05, 0) is 31.9 Å². The van der Waals surface area contributed by atoms with Gasteiger partial charge in [-0.1, -0.05) is 37.6 Å². The number of amides is 4. The maximum Gasteiger partial charge on any atom is 0.325 e. The summed E-state index contributed by atoms with van der Waals surface area (Å²) in [5, 5.41) is 6.39. The number of anilines is 1. The Balaban J connectivity index is 1.72. The number of nitrogens with zero attached hydrogens (tertiary/aromatic N) is 2. The standard InChI is InChI=1S/C19H21ClN4O3S/c1-4-19(5-2)16(26)24(18(27)23-19)10-14(25)21-17-22-15(11(3)28-17)12-7-6-8-13(20)9-12/h6-9H,4-5,10H2,1-3H3,(H,23,27)(H,21,22,25). The van der Waals surface area contributed by atoms with Crippen molar-refractivity contribution in [1.29, 1.82) is 0 Å². The van der Waals surface area contributed by atoms with Crippen molar-refractivity contribution in [3.63, 3.8) is 0 Å². The molecule has 1 fully saturated rings. The number of rotatable bonds is 6. The molecule has 7 nitrogen and oxygen atoms in total. The third-order valence-electron chi connectivity index (χ3n) is 4.90. The molecule has 28 heavy (non-hydrogen) atoms. The van der Waals surface area contributed by atoms with Gasteiger partial charge in [0.15, 0.2) is 5.13 Å². The summed E-state index contributed by atoms with van der Waals surface area (Å²) in [6, 6.07) is 6.76. The zero-order valence-electron chi connectivity index (χ0n) is 15.8. The predicted molar refractivity (Wildman–Crippen MR) is 109 cm³/mol. The number of carbonyl (C=O) groups is 3. The van der Waals surface area contributed by atoms with Crippen molar-refractivity contribution in [3.05, 3.63) is 34.2 Å². The van der Waals surface area contributed by atoms with E-state index in [0.717, 1.165) is 21.0 Å². The molecule has 0 aliphatic carbocycles. The van der Waals surface area contributed by atoms with E-state index in [1.807, 2.05) is 32.9 Å². The van der Waals surface area contributed by atoms with E-state index in [0.29, 0.717) is 23.0 Å². The van der Waals surface area contributed by atoms with Gasteiger partial charge in [0.25, 0.3) is 5.91 Å². The zero-order valence-corrected chi connectivity index (χ0v) is 17.4. The maximum atomic E-state index is 12.6. The quantitative estimate of drug-likeness (QED) is 0.695. The third kappa shape index (κ3) is 3.74. The van der Waals surface area contributed by atoms with Crippen LogP contribution in [0, 0.1) is 6.92 Å². The highest BCUT2D eigenvalue weighted by Gasteiger charge is 2.49. The first kappa shape index (κ1) is 20.3. The van der Waals surface area contributed by atoms with Gasteiger partial charge in [0.05, 0.1) is 5.69 Å². The van der Waals surface area contributed by atoms with Gasteiger partial charge in [-0.3, -0.25) is 14.5 Å². The van der Waals surface area contributed by atoms with E-state index in [1.54, 1.807) is 12.1 Å². The van der Waals surface area contributed by atoms with Crippen LogP contribution in [0.5, 0.6) is 0 Å². The average Bonchev–Trinajstić information content (AvgIpc) is 3.13. The SMILES string of the molecule is CCC1(CC)NC(=O)N(CC(=O)Nc2nc(-c3cccc(Cl)c3)c(C)s2)C1=O. The lowest BCUT2D eigenvalue weighted by molar-refractivity contribution is -0.134. The molecule has 1 saturated heterocycles. The van der Waals surface area contributed by atoms with Gasteiger partial charge in [-0.15, -0.1) is 11.3 Å². The van der Waals surface area contributed by atoms with Gasteiger partial charge < -0.3 is 10.6 Å². The van der Waals surface area contributed by atoms with Crippen LogP contribution in [0.1, 0.15) is 31.6 Å². The van der Waals surface area contributed by atoms with Crippen molar-refractivity contribution >= 4 is 45.9 Å². The molecule has 1 aliphatic heterocycles. The average molecular weight is 421 g/mol. The number of aryl methyl sites for hydroxylation is 1. The van der Waals surface area contributed by atoms with E-state index in [-0.39, 0.29) is 12.5 Å². The fraction of sp³-hybridized carbons (Fsp3) is 0.368. The first-order chi connectivity index (χ1) is 13.3. The molecule has 4 amide bonds. The Morgan fingerprint density at radius 3 is 2.64 bits per heavy atom. The Bertz CT molecular complexity index is 939. The number of imide groups is 1. The van der Waals surface area contributed by atoms with E-state index >= 15 is 0 Å². The van der Waals surface area contributed by atoms with Gasteiger partial charge in [-0.25, -0.2) is 9.78 Å². The Hall–Kier alpha value is -2.45. The van der Waals surface area contributed by atoms with Crippen LogP contribution in [0.2, 0.25) is 5.02 Å². The lowest BCUT2D eigenvalue weighted by Gasteiger charge is -2.22. The summed E-state index contributed by atoms with van der Waals surface area (Å²) < 4.78 is 0. The van der Waals surface area contributed by atoms with Crippen LogP contribution in [0.3, 0.4) is 0 Å². The van der Waals surface area contributed by atoms with Crippen molar-refractivity contribution in [2.75, 3.05) is 11.9 Å². The highest BCUT2D eigenvalue weighted by atomic mass is 35.5. The molecular formula is C19H21ClN4O3S. The number of halogens is 1. The minimum absolute atomic E-state index is 0.350. The van der Waals surface area contributed by atoms with E-state index in [2.05, 4.69) is 15.6 Å². The number of hydrogen-bond acceptors (Lipinski definition) is 5. The van der Waals surface area contributed by atoms with E-state index < -0.39 is 17.5 Å². The van der Waals surface area contributed by atoms with E-state index in [4.69, 9.17) is 11.6 Å². The topological polar surface area (TPSA) is 91.4 Å². The molecule has 3 rings (SSSR count). The number of thiazole rings is 1. The van der Waals surface area contributed by atoms with Crippen LogP contribution < -0.4 is 10.6 Å². The Kier molecular flexibility index (Phi) is 5.71. The molecule has 0 saturated carbocycles. The second kappa shape index (κ2) is 7.89. The van der Waals surface area contributed by atoms with Crippen molar-refractivity contribution in [3.8, 4) is 11.3 Å². The summed E-state index contributed by atoms with van der Waals surface area (Å²) in [5.74, 6) is -0.842. The zero-order chi connectivity index (χ0) is 20.5. The second-order valence-electron chi connectivity index (χ2n) is 6.59. The molecule has 0 unspecified atom stereocenters. The highest BCUT2D eigenvalue weighted by Crippen LogP contribution is 2.31. The maximum absolute atomic E-state index is 12.6. The van der Waals surface area contributed by atoms with Gasteiger partial charge in [-0.2, -0.15) is 0 Å². The van der Waals surface area contributed by atoms with Gasteiger partial charge in [0.1, 0.15) is 12.1 Å². The van der Waals surface area contributed by atoms with E-state index in [1.165, 1.54) is 11.3 Å². The van der Waals surface area contributed by atoms with Crippen LogP contribution in [0.15, 0.2) is 24.3 Å². The molecule has 1 aliphatic rings. The highest BCUT2D eigenvalue weighted by molar-refractivity contribution is 7.16. The molecular weight excluding hydrogens is 400 g/mol. The summed E-state index contributed by atoms with van der Waals surface area (Å²) in [6.45, 7) is 5.22. The summed E-state index contributed by atoms with van der Waals surface area (Å²) in [6.07, 6.45) is 0.946. The molecule has 2 N–H and O–H groups in total. The predicted octanol–water partition coefficient (Wildman–Crippen LogP) is 3.82. The van der Waals surface area contributed by atoms with Gasteiger partial charge in [0.2, 0.25) is 5.91 Å². The molecule has 0 radical (unpaired) electrons. The van der Waals surface area contributed by atoms with Crippen LogP contribution in [-0.2, 0) is 9.59 Å². The van der Waals surface area contributed by atoms with Crippen molar-refractivity contribution in [1.82, 2.24) is 15.2 Å². The molecule has 0 atom stereocenters. The summed E-state index contributed by atoms with van der Waals surface area (Å²) in [4.78, 5) is 43.5. The van der Waals surface area contributed by atoms with Crippen LogP contribution >= 0.6 is 22.9 Å². The van der Waals surface area contributed by atoms with Crippen molar-refractivity contribution in [2.24, 2.45) is 0 Å². The Morgan fingerprint density at radius 2 is 2.04 bits per heavy atom. The number of carbonyl (C=O) groups excluding carboxylic acids is 3. The molecule has 1 aromatic heterocycles. The van der Waals surface area contributed by atoms with Gasteiger partial charge in [0, 0.05) is 15.5 Å². The first-order valence-electron chi connectivity index (χ1n) is 8.97. The number of nitrogens with one attached hydrogen (secondary N) is 2. The second-order valence-corrected chi connectivity index (χ2v) is 8.23. The largest absolute Gasteiger partial charge is 0.325 e. The van der Waals surface area contributed by atoms with Crippen LogP contribution in [0.25, 0.3) is 11.3 Å². The number of urea groups is 1. The molecule has 2 heterocycles. The van der Waals surface area contributed by atoms with Gasteiger partial charge >= 0.3 is 6.03 Å². The molecule has 0 bridgehead atoms. The number of aromatic nitrogens is 1. The smallest absolute Gasteiger partial charge is 0.323 e. The van der Waals surface area contributed by atoms with Crippen molar-refractivity contribution < 1.29 is 14.4 Å². The summed E-state index contributed by atoms with van der Waals surface area (Å²) in [7, 11) is 0. The number of benzene rings is 1. The summed E-state index contributed by atoms with van der Waals surface area (Å²) >= 11 is 7.36. The minimum Gasteiger partial charge on any atom is -0.323 e. The van der Waals surface area contributed by atoms with E-state index in [9.17, 15) is 14.4 Å². The fourth-order valence-corrected chi connectivity index (χ4v) is 4.25. The first-order valence-corrected chi connectivity index (χ1v) is 10.2. The molecule has 148 valence electrons. The van der Waals surface area contributed by atoms with Crippen LogP contribution in [-0.4, -0.2) is 39.8 Å². The lowest BCUT2D eigenvalue weighted by atomic mass is 9.93. The number of hydrogen-bond donors (Lipinski definition) is 2. The molecule has 2 aromatic rings. The normalized spacial score (nSPS) is 15.6. The minimum atomic E-state index is -0.922. The molecule has 1 aromatic carbocycles. The lowest BCUT2D eigenvalue weighted by Crippen LogP contribution is -2.46. The van der Waals surface area contributed by atoms with Crippen molar-refractivity contribution in [2.45, 2.75) is 39.2 Å². The summed E-state index contributed by atoms with van der Waals surface area (Å²) in [5.41, 5.74) is 0.662. The fourth-order valence-electron chi connectivity index (χ4n) is 3.20. The Morgan fingerprint density at radius 1 is 1.32 bits per heavy atom. The molecule has 0 spiro atoms. The Labute approximate surface area is 172 Å².